The number of halogens is 2. The zero-order chi connectivity index (χ0) is 25.4. The lowest BCUT2D eigenvalue weighted by atomic mass is 10.1. The number of anilines is 1. The number of nitrogens with two attached hydrogens (primary N) is 1. The summed E-state index contributed by atoms with van der Waals surface area (Å²) in [5, 5.41) is 6.87. The van der Waals surface area contributed by atoms with Gasteiger partial charge in [-0.15, -0.1) is 0 Å². The van der Waals surface area contributed by atoms with Crippen LogP contribution in [0, 0.1) is 11.6 Å². The highest BCUT2D eigenvalue weighted by atomic mass is 19.1. The molecule has 3 N–H and O–H groups in total. The van der Waals surface area contributed by atoms with E-state index >= 15 is 0 Å². The standard InChI is InChI=1S/C26H23F2N5O3/c1-2-21(34)32-12-4-5-16(13-32)33-14-18(22-23(33)26(35)31-30-25(22)29)15-8-10-17(11-9-15)36-24-19(27)6-3-7-20(24)28/h2-3,6-11,14,16H,1,4-5,12-13H2,(H2,29,30)(H,31,35). The molecule has 1 aliphatic heterocycles. The number of piperidine rings is 1. The second-order valence-corrected chi connectivity index (χ2v) is 8.57. The fraction of sp³-hybridized carbons (Fsp3) is 0.192. The van der Waals surface area contributed by atoms with Gasteiger partial charge < -0.3 is 19.9 Å². The Morgan fingerprint density at radius 2 is 1.92 bits per heavy atom. The number of aromatic amines is 1. The molecule has 184 valence electrons. The number of fused-ring (bicyclic) bond motifs is 1. The molecule has 36 heavy (non-hydrogen) atoms. The van der Waals surface area contributed by atoms with E-state index in [4.69, 9.17) is 10.5 Å². The first kappa shape index (κ1) is 23.3. The molecule has 10 heteroatoms. The maximum absolute atomic E-state index is 14.0. The molecule has 0 bridgehead atoms. The van der Waals surface area contributed by atoms with Gasteiger partial charge in [-0.2, -0.15) is 5.10 Å². The van der Waals surface area contributed by atoms with Gasteiger partial charge in [-0.3, -0.25) is 9.59 Å². The van der Waals surface area contributed by atoms with Gasteiger partial charge in [-0.05, 0) is 48.7 Å². The number of benzene rings is 2. The molecule has 1 saturated heterocycles. The molecule has 1 fully saturated rings. The first-order chi connectivity index (χ1) is 17.4. The summed E-state index contributed by atoms with van der Waals surface area (Å²) in [6, 6.07) is 9.92. The fourth-order valence-electron chi connectivity index (χ4n) is 4.65. The SMILES string of the molecule is C=CC(=O)N1CCCC(n2cc(-c3ccc(Oc4c(F)cccc4F)cc3)c3c(N)n[nH]c(=O)c32)C1. The summed E-state index contributed by atoms with van der Waals surface area (Å²) in [6.07, 6.45) is 4.66. The lowest BCUT2D eigenvalue weighted by Gasteiger charge is -2.33. The number of ether oxygens (including phenoxy) is 1. The Morgan fingerprint density at radius 3 is 2.61 bits per heavy atom. The molecule has 8 nitrogen and oxygen atoms in total. The number of hydrogen-bond acceptors (Lipinski definition) is 5. The maximum atomic E-state index is 14.0. The lowest BCUT2D eigenvalue weighted by molar-refractivity contribution is -0.127. The number of amides is 1. The number of carbonyl (C=O) groups excluding carboxylic acids is 1. The van der Waals surface area contributed by atoms with Crippen molar-refractivity contribution in [1.82, 2.24) is 19.7 Å². The van der Waals surface area contributed by atoms with Crippen LogP contribution < -0.4 is 16.0 Å². The van der Waals surface area contributed by atoms with E-state index in [1.165, 1.54) is 12.1 Å². The second-order valence-electron chi connectivity index (χ2n) is 8.57. The summed E-state index contributed by atoms with van der Waals surface area (Å²) in [5.74, 6) is -1.87. The highest BCUT2D eigenvalue weighted by Gasteiger charge is 2.27. The summed E-state index contributed by atoms with van der Waals surface area (Å²) in [4.78, 5) is 26.8. The van der Waals surface area contributed by atoms with Crippen molar-refractivity contribution in [3.63, 3.8) is 0 Å². The number of para-hydroxylation sites is 1. The molecule has 2 aromatic carbocycles. The van der Waals surface area contributed by atoms with Crippen molar-refractivity contribution in [2.24, 2.45) is 0 Å². The van der Waals surface area contributed by atoms with E-state index in [0.29, 0.717) is 35.1 Å². The van der Waals surface area contributed by atoms with Gasteiger partial charge in [-0.25, -0.2) is 13.9 Å². The highest BCUT2D eigenvalue weighted by molar-refractivity contribution is 6.02. The Balaban J connectivity index is 1.54. The topological polar surface area (TPSA) is 106 Å². The maximum Gasteiger partial charge on any atom is 0.288 e. The van der Waals surface area contributed by atoms with Crippen LogP contribution in [0.4, 0.5) is 14.6 Å². The lowest BCUT2D eigenvalue weighted by Crippen LogP contribution is -2.40. The van der Waals surface area contributed by atoms with E-state index in [1.54, 1.807) is 29.2 Å². The Kier molecular flexibility index (Phi) is 6.01. The number of nitrogens with zero attached hydrogens (tertiary/aromatic N) is 3. The van der Waals surface area contributed by atoms with E-state index < -0.39 is 22.9 Å². The van der Waals surface area contributed by atoms with Crippen molar-refractivity contribution < 1.29 is 18.3 Å². The Labute approximate surface area is 204 Å². The number of rotatable bonds is 5. The van der Waals surface area contributed by atoms with Gasteiger partial charge in [0.25, 0.3) is 5.56 Å². The van der Waals surface area contributed by atoms with Gasteiger partial charge in [0.15, 0.2) is 23.2 Å². The van der Waals surface area contributed by atoms with Crippen LogP contribution in [0.5, 0.6) is 11.5 Å². The summed E-state index contributed by atoms with van der Waals surface area (Å²) < 4.78 is 35.2. The first-order valence-corrected chi connectivity index (χ1v) is 11.4. The van der Waals surface area contributed by atoms with Crippen molar-refractivity contribution in [3.8, 4) is 22.6 Å². The smallest absolute Gasteiger partial charge is 0.288 e. The van der Waals surface area contributed by atoms with Gasteiger partial charge in [0.2, 0.25) is 5.91 Å². The highest BCUT2D eigenvalue weighted by Crippen LogP contribution is 2.37. The van der Waals surface area contributed by atoms with Crippen molar-refractivity contribution in [2.75, 3.05) is 18.8 Å². The molecule has 1 aliphatic rings. The number of carbonyl (C=O) groups is 1. The molecular weight excluding hydrogens is 468 g/mol. The van der Waals surface area contributed by atoms with Gasteiger partial charge in [0.1, 0.15) is 11.3 Å². The predicted molar refractivity (Wildman–Crippen MR) is 132 cm³/mol. The largest absolute Gasteiger partial charge is 0.451 e. The molecular formula is C26H23F2N5O3. The van der Waals surface area contributed by atoms with E-state index in [2.05, 4.69) is 16.8 Å². The van der Waals surface area contributed by atoms with E-state index in [0.717, 1.165) is 25.0 Å². The van der Waals surface area contributed by atoms with Crippen molar-refractivity contribution >= 4 is 22.6 Å². The monoisotopic (exact) mass is 491 g/mol. The number of nitrogen functional groups attached to an aromatic ring is 1. The van der Waals surface area contributed by atoms with Crippen LogP contribution in [0.25, 0.3) is 22.0 Å². The second kappa shape index (κ2) is 9.29. The number of hydrogen-bond donors (Lipinski definition) is 2. The van der Waals surface area contributed by atoms with Crippen LogP contribution in [-0.4, -0.2) is 38.7 Å². The van der Waals surface area contributed by atoms with E-state index in [-0.39, 0.29) is 23.5 Å². The van der Waals surface area contributed by atoms with Crippen LogP contribution >= 0.6 is 0 Å². The molecule has 1 amide bonds. The fourth-order valence-corrected chi connectivity index (χ4v) is 4.65. The molecule has 0 saturated carbocycles. The van der Waals surface area contributed by atoms with Crippen LogP contribution in [0.15, 0.2) is 66.1 Å². The minimum absolute atomic E-state index is 0.145. The summed E-state index contributed by atoms with van der Waals surface area (Å²) in [6.45, 7) is 4.62. The molecule has 0 radical (unpaired) electrons. The van der Waals surface area contributed by atoms with Crippen molar-refractivity contribution in [3.05, 3.63) is 83.3 Å². The van der Waals surface area contributed by atoms with E-state index in [9.17, 15) is 18.4 Å². The normalized spacial score (nSPS) is 15.7. The first-order valence-electron chi connectivity index (χ1n) is 11.4. The third kappa shape index (κ3) is 4.10. The number of H-pyrrole nitrogens is 1. The molecule has 4 aromatic rings. The van der Waals surface area contributed by atoms with Crippen molar-refractivity contribution in [1.29, 1.82) is 0 Å². The Morgan fingerprint density at radius 1 is 1.19 bits per heavy atom. The molecule has 2 aromatic heterocycles. The van der Waals surface area contributed by atoms with Crippen LogP contribution in [0.2, 0.25) is 0 Å². The molecule has 3 heterocycles. The Bertz CT molecular complexity index is 1510. The summed E-state index contributed by atoms with van der Waals surface area (Å²) in [5.41, 5.74) is 7.52. The molecule has 0 spiro atoms. The third-order valence-electron chi connectivity index (χ3n) is 6.36. The van der Waals surface area contributed by atoms with Crippen LogP contribution in [0.1, 0.15) is 18.9 Å². The third-order valence-corrected chi connectivity index (χ3v) is 6.36. The molecule has 1 unspecified atom stereocenters. The minimum atomic E-state index is -0.809. The molecule has 0 aliphatic carbocycles. The van der Waals surface area contributed by atoms with Gasteiger partial charge in [0.05, 0.1) is 11.4 Å². The average molecular weight is 491 g/mol. The number of aromatic nitrogens is 3. The van der Waals surface area contributed by atoms with E-state index in [1.807, 2.05) is 10.8 Å². The zero-order valence-electron chi connectivity index (χ0n) is 19.2. The van der Waals surface area contributed by atoms with Crippen LogP contribution in [0.3, 0.4) is 0 Å². The van der Waals surface area contributed by atoms with Gasteiger partial charge in [0, 0.05) is 24.8 Å². The zero-order valence-corrected chi connectivity index (χ0v) is 19.2. The predicted octanol–water partition coefficient (Wildman–Crippen LogP) is 4.39. The molecule has 5 rings (SSSR count). The number of nitrogens with one attached hydrogen (secondary N) is 1. The van der Waals surface area contributed by atoms with Gasteiger partial charge in [-0.1, -0.05) is 24.8 Å². The summed E-state index contributed by atoms with van der Waals surface area (Å²) >= 11 is 0. The minimum Gasteiger partial charge on any atom is -0.451 e. The van der Waals surface area contributed by atoms with Crippen molar-refractivity contribution in [2.45, 2.75) is 18.9 Å². The molecule has 1 atom stereocenters. The number of likely N-dealkylation sites (tertiary alicyclic amines) is 1. The average Bonchev–Trinajstić information content (AvgIpc) is 3.31. The Hall–Kier alpha value is -4.47. The quantitative estimate of drug-likeness (QED) is 0.403. The van der Waals surface area contributed by atoms with Gasteiger partial charge >= 0.3 is 0 Å². The van der Waals surface area contributed by atoms with Crippen LogP contribution in [-0.2, 0) is 4.79 Å². The summed E-state index contributed by atoms with van der Waals surface area (Å²) in [7, 11) is 0.